The molecule has 2 aliphatic rings. The normalized spacial score (nSPS) is 18.1. The zero-order valence-electron chi connectivity index (χ0n) is 18.6. The molecular formula is C26H20N2O7. The Balaban J connectivity index is 1.62. The number of aliphatic hydroxyl groups is 1. The van der Waals surface area contributed by atoms with Crippen molar-refractivity contribution in [3.05, 3.63) is 94.8 Å². The minimum Gasteiger partial charge on any atom is -0.507 e. The molecule has 1 atom stereocenters. The zero-order valence-corrected chi connectivity index (χ0v) is 18.6. The SMILES string of the molecule is COC(=O)c1ccc(C2/C(=C(\O)c3ccc4c(c3)OCO4)C(=O)C(=O)N2Cc2cccnc2)cc1. The van der Waals surface area contributed by atoms with Crippen LogP contribution < -0.4 is 9.47 Å². The summed E-state index contributed by atoms with van der Waals surface area (Å²) in [7, 11) is 1.28. The first-order valence-electron chi connectivity index (χ1n) is 10.7. The Morgan fingerprint density at radius 2 is 1.83 bits per heavy atom. The predicted molar refractivity (Wildman–Crippen MR) is 122 cm³/mol. The molecule has 176 valence electrons. The fourth-order valence-corrected chi connectivity index (χ4v) is 4.20. The van der Waals surface area contributed by atoms with E-state index in [9.17, 15) is 19.5 Å². The molecule has 2 aromatic carbocycles. The first-order valence-corrected chi connectivity index (χ1v) is 10.7. The van der Waals surface area contributed by atoms with Crippen molar-refractivity contribution in [3.63, 3.8) is 0 Å². The second-order valence-electron chi connectivity index (χ2n) is 7.97. The largest absolute Gasteiger partial charge is 0.507 e. The van der Waals surface area contributed by atoms with E-state index in [1.807, 2.05) is 0 Å². The number of nitrogens with zero attached hydrogens (tertiary/aromatic N) is 2. The number of hydrogen-bond donors (Lipinski definition) is 1. The van der Waals surface area contributed by atoms with Gasteiger partial charge < -0.3 is 24.2 Å². The van der Waals surface area contributed by atoms with Crippen molar-refractivity contribution in [1.29, 1.82) is 0 Å². The molecule has 1 saturated heterocycles. The minimum atomic E-state index is -0.896. The van der Waals surface area contributed by atoms with Crippen molar-refractivity contribution in [3.8, 4) is 11.5 Å². The average molecular weight is 472 g/mol. The maximum atomic E-state index is 13.2. The lowest BCUT2D eigenvalue weighted by Gasteiger charge is -2.25. The van der Waals surface area contributed by atoms with Gasteiger partial charge in [0.1, 0.15) is 5.76 Å². The van der Waals surface area contributed by atoms with E-state index in [2.05, 4.69) is 4.98 Å². The number of ether oxygens (including phenoxy) is 3. The highest BCUT2D eigenvalue weighted by molar-refractivity contribution is 6.46. The highest BCUT2D eigenvalue weighted by atomic mass is 16.7. The van der Waals surface area contributed by atoms with E-state index in [0.29, 0.717) is 33.8 Å². The molecule has 1 aromatic heterocycles. The Bertz CT molecular complexity index is 1350. The maximum Gasteiger partial charge on any atom is 0.337 e. The van der Waals surface area contributed by atoms with Crippen molar-refractivity contribution in [2.45, 2.75) is 12.6 Å². The van der Waals surface area contributed by atoms with Gasteiger partial charge in [-0.2, -0.15) is 0 Å². The van der Waals surface area contributed by atoms with Gasteiger partial charge in [-0.25, -0.2) is 4.79 Å². The Kier molecular flexibility index (Phi) is 5.66. The maximum absolute atomic E-state index is 13.2. The van der Waals surface area contributed by atoms with E-state index in [1.165, 1.54) is 12.0 Å². The molecule has 0 saturated carbocycles. The molecule has 9 heteroatoms. The molecule has 0 bridgehead atoms. The second-order valence-corrected chi connectivity index (χ2v) is 7.97. The van der Waals surface area contributed by atoms with Crippen LogP contribution in [0.1, 0.15) is 33.1 Å². The number of aromatic nitrogens is 1. The summed E-state index contributed by atoms with van der Waals surface area (Å²) in [4.78, 5) is 43.7. The van der Waals surface area contributed by atoms with Gasteiger partial charge >= 0.3 is 5.97 Å². The van der Waals surface area contributed by atoms with Crippen LogP contribution in [0.25, 0.3) is 5.76 Å². The number of aliphatic hydroxyl groups excluding tert-OH is 1. The van der Waals surface area contributed by atoms with Crippen LogP contribution in [0.4, 0.5) is 0 Å². The van der Waals surface area contributed by atoms with Crippen molar-refractivity contribution in [2.24, 2.45) is 0 Å². The first-order chi connectivity index (χ1) is 17.0. The molecule has 9 nitrogen and oxygen atoms in total. The number of esters is 1. The highest BCUT2D eigenvalue weighted by Gasteiger charge is 2.46. The average Bonchev–Trinajstić information content (AvgIpc) is 3.46. The summed E-state index contributed by atoms with van der Waals surface area (Å²) in [5, 5.41) is 11.2. The molecule has 0 aliphatic carbocycles. The summed E-state index contributed by atoms with van der Waals surface area (Å²) in [6.07, 6.45) is 3.22. The van der Waals surface area contributed by atoms with Gasteiger partial charge in [-0.1, -0.05) is 18.2 Å². The van der Waals surface area contributed by atoms with E-state index in [4.69, 9.17) is 14.2 Å². The van der Waals surface area contributed by atoms with Gasteiger partial charge in [0.25, 0.3) is 11.7 Å². The van der Waals surface area contributed by atoms with Crippen molar-refractivity contribution in [2.75, 3.05) is 13.9 Å². The van der Waals surface area contributed by atoms with Gasteiger partial charge in [0.05, 0.1) is 24.3 Å². The number of benzene rings is 2. The van der Waals surface area contributed by atoms with Gasteiger partial charge in [-0.05, 0) is 47.5 Å². The lowest BCUT2D eigenvalue weighted by atomic mass is 9.94. The third kappa shape index (κ3) is 3.97. The molecule has 3 heterocycles. The summed E-state index contributed by atoms with van der Waals surface area (Å²) in [5.41, 5.74) is 1.82. The first kappa shape index (κ1) is 22.1. The van der Waals surface area contributed by atoms with Crippen LogP contribution in [0, 0.1) is 0 Å². The van der Waals surface area contributed by atoms with Crippen LogP contribution in [0.3, 0.4) is 0 Å². The molecule has 2 aliphatic heterocycles. The summed E-state index contributed by atoms with van der Waals surface area (Å²) in [5.74, 6) is -1.46. The lowest BCUT2D eigenvalue weighted by molar-refractivity contribution is -0.140. The van der Waals surface area contributed by atoms with Crippen molar-refractivity contribution < 1.29 is 33.7 Å². The number of ketones is 1. The fraction of sp³-hybridized carbons (Fsp3) is 0.154. The predicted octanol–water partition coefficient (Wildman–Crippen LogP) is 3.22. The van der Waals surface area contributed by atoms with Gasteiger partial charge in [-0.3, -0.25) is 14.6 Å². The Hall–Kier alpha value is -4.66. The van der Waals surface area contributed by atoms with Crippen molar-refractivity contribution in [1.82, 2.24) is 9.88 Å². The van der Waals surface area contributed by atoms with E-state index in [1.54, 1.807) is 67.0 Å². The Labute approximate surface area is 200 Å². The van der Waals surface area contributed by atoms with E-state index in [-0.39, 0.29) is 24.7 Å². The monoisotopic (exact) mass is 472 g/mol. The topological polar surface area (TPSA) is 115 Å². The summed E-state index contributed by atoms with van der Waals surface area (Å²) >= 11 is 0. The van der Waals surface area contributed by atoms with Gasteiger partial charge in [0.2, 0.25) is 6.79 Å². The smallest absolute Gasteiger partial charge is 0.337 e. The van der Waals surface area contributed by atoms with Crippen LogP contribution in [-0.2, 0) is 20.9 Å². The summed E-state index contributed by atoms with van der Waals surface area (Å²) < 4.78 is 15.5. The van der Waals surface area contributed by atoms with Crippen LogP contribution in [0.15, 0.2) is 72.6 Å². The van der Waals surface area contributed by atoms with Gasteiger partial charge in [0, 0.05) is 24.5 Å². The minimum absolute atomic E-state index is 0.0571. The fourth-order valence-electron chi connectivity index (χ4n) is 4.20. The molecule has 5 rings (SSSR count). The molecule has 1 N–H and O–H groups in total. The number of rotatable bonds is 5. The molecule has 1 fully saturated rings. The number of Topliss-reactive ketones (excluding diaryl/α,β-unsaturated/α-hetero) is 1. The molecular weight excluding hydrogens is 452 g/mol. The number of likely N-dealkylation sites (tertiary alicyclic amines) is 1. The van der Waals surface area contributed by atoms with E-state index < -0.39 is 23.7 Å². The number of fused-ring (bicyclic) bond motifs is 1. The lowest BCUT2D eigenvalue weighted by Crippen LogP contribution is -2.29. The number of amides is 1. The highest BCUT2D eigenvalue weighted by Crippen LogP contribution is 2.42. The number of hydrogen-bond acceptors (Lipinski definition) is 8. The van der Waals surface area contributed by atoms with Gasteiger partial charge in [-0.15, -0.1) is 0 Å². The van der Waals surface area contributed by atoms with Crippen LogP contribution >= 0.6 is 0 Å². The number of methoxy groups -OCH3 is 1. The molecule has 1 amide bonds. The molecule has 3 aromatic rings. The Morgan fingerprint density at radius 1 is 1.09 bits per heavy atom. The molecule has 0 radical (unpaired) electrons. The van der Waals surface area contributed by atoms with Gasteiger partial charge in [0.15, 0.2) is 11.5 Å². The van der Waals surface area contributed by atoms with Crippen LogP contribution in [0.5, 0.6) is 11.5 Å². The summed E-state index contributed by atoms with van der Waals surface area (Å²) in [6, 6.07) is 13.8. The third-order valence-electron chi connectivity index (χ3n) is 5.91. The molecule has 35 heavy (non-hydrogen) atoms. The van der Waals surface area contributed by atoms with Crippen molar-refractivity contribution >= 4 is 23.4 Å². The number of carbonyl (C=O) groups excluding carboxylic acids is 3. The quantitative estimate of drug-likeness (QED) is 0.261. The number of pyridine rings is 1. The number of carbonyl (C=O) groups is 3. The standard InChI is InChI=1S/C26H20N2O7/c1-33-26(32)17-6-4-16(5-7-17)22-21(23(29)18-8-9-19-20(11-18)35-14-34-19)24(30)25(31)28(22)13-15-3-2-10-27-12-15/h2-12,22,29H,13-14H2,1H3/b23-21+. The van der Waals surface area contributed by atoms with Crippen LogP contribution in [0.2, 0.25) is 0 Å². The molecule has 1 unspecified atom stereocenters. The molecule has 0 spiro atoms. The Morgan fingerprint density at radius 3 is 2.54 bits per heavy atom. The van der Waals surface area contributed by atoms with Crippen LogP contribution in [-0.4, -0.2) is 46.6 Å². The summed E-state index contributed by atoms with van der Waals surface area (Å²) in [6.45, 7) is 0.154. The van der Waals surface area contributed by atoms with E-state index >= 15 is 0 Å². The zero-order chi connectivity index (χ0) is 24.5. The third-order valence-corrected chi connectivity index (χ3v) is 5.91. The van der Waals surface area contributed by atoms with E-state index in [0.717, 1.165) is 0 Å². The second kappa shape index (κ2) is 8.94.